The minimum atomic E-state index is -0.272. The molecule has 8 heteroatoms. The van der Waals surface area contributed by atoms with E-state index in [2.05, 4.69) is 15.4 Å². The normalized spacial score (nSPS) is 13.7. The Balaban J connectivity index is 1.52. The Bertz CT molecular complexity index is 976. The fourth-order valence-corrected chi connectivity index (χ4v) is 3.11. The van der Waals surface area contributed by atoms with Crippen molar-refractivity contribution >= 4 is 17.5 Å². The van der Waals surface area contributed by atoms with Crippen molar-refractivity contribution in [2.24, 2.45) is 0 Å². The lowest BCUT2D eigenvalue weighted by Gasteiger charge is -2.18. The number of carbonyl (C=O) groups excluding carboxylic acids is 2. The van der Waals surface area contributed by atoms with Crippen LogP contribution in [-0.2, 0) is 13.1 Å². The first-order valence-corrected chi connectivity index (χ1v) is 8.74. The van der Waals surface area contributed by atoms with Crippen LogP contribution < -0.4 is 5.32 Å². The van der Waals surface area contributed by atoms with Gasteiger partial charge in [0, 0.05) is 18.8 Å². The number of aryl methyl sites for hydroxylation is 2. The smallest absolute Gasteiger partial charge is 0.291 e. The number of carbonyl (C=O) groups is 2. The number of nitrogens with zero attached hydrogens (tertiary/aromatic N) is 4. The third-order valence-electron chi connectivity index (χ3n) is 4.51. The fraction of sp³-hybridized carbons (Fsp3) is 0.263. The second kappa shape index (κ2) is 7.06. The number of anilines is 1. The van der Waals surface area contributed by atoms with E-state index in [1.165, 1.54) is 6.39 Å². The van der Waals surface area contributed by atoms with Gasteiger partial charge in [-0.25, -0.2) is 4.98 Å². The van der Waals surface area contributed by atoms with Crippen LogP contribution in [0.15, 0.2) is 47.2 Å². The second-order valence-electron chi connectivity index (χ2n) is 6.41. The molecule has 0 bridgehead atoms. The molecular weight excluding hydrogens is 346 g/mol. The third-order valence-corrected chi connectivity index (χ3v) is 4.51. The molecular formula is C19H19N5O3. The van der Waals surface area contributed by atoms with Crippen molar-refractivity contribution in [3.8, 4) is 0 Å². The minimum Gasteiger partial charge on any atom is -0.438 e. The molecule has 8 nitrogen and oxygen atoms in total. The van der Waals surface area contributed by atoms with Crippen molar-refractivity contribution in [1.82, 2.24) is 19.7 Å². The van der Waals surface area contributed by atoms with Crippen LogP contribution >= 0.6 is 0 Å². The van der Waals surface area contributed by atoms with Crippen molar-refractivity contribution in [3.05, 3.63) is 65.6 Å². The summed E-state index contributed by atoms with van der Waals surface area (Å²) in [7, 11) is 0. The molecule has 0 saturated carbocycles. The van der Waals surface area contributed by atoms with Crippen LogP contribution in [0, 0.1) is 6.92 Å². The largest absolute Gasteiger partial charge is 0.438 e. The molecule has 0 unspecified atom stereocenters. The number of para-hydroxylation sites is 1. The van der Waals surface area contributed by atoms with Gasteiger partial charge in [0.15, 0.2) is 12.1 Å². The highest BCUT2D eigenvalue weighted by molar-refractivity contribution is 6.02. The number of hydrogen-bond acceptors (Lipinski definition) is 5. The van der Waals surface area contributed by atoms with Crippen molar-refractivity contribution in [2.75, 3.05) is 11.9 Å². The maximum Gasteiger partial charge on any atom is 0.291 e. The predicted molar refractivity (Wildman–Crippen MR) is 97.2 cm³/mol. The molecule has 138 valence electrons. The Kier molecular flexibility index (Phi) is 4.45. The van der Waals surface area contributed by atoms with Crippen LogP contribution in [0.5, 0.6) is 0 Å². The van der Waals surface area contributed by atoms with Gasteiger partial charge < -0.3 is 14.6 Å². The molecule has 1 N–H and O–H groups in total. The molecule has 0 spiro atoms. The number of fused-ring (bicyclic) bond motifs is 1. The fourth-order valence-electron chi connectivity index (χ4n) is 3.11. The highest BCUT2D eigenvalue weighted by atomic mass is 16.3. The molecule has 1 aliphatic rings. The summed E-state index contributed by atoms with van der Waals surface area (Å²) in [6.07, 6.45) is 2.02. The summed E-state index contributed by atoms with van der Waals surface area (Å²) in [5.74, 6) is -0.217. The maximum absolute atomic E-state index is 12.7. The van der Waals surface area contributed by atoms with E-state index in [0.29, 0.717) is 36.7 Å². The summed E-state index contributed by atoms with van der Waals surface area (Å²) >= 11 is 0. The molecule has 0 aliphatic carbocycles. The Morgan fingerprint density at radius 1 is 1.19 bits per heavy atom. The van der Waals surface area contributed by atoms with E-state index in [4.69, 9.17) is 4.42 Å². The zero-order valence-electron chi connectivity index (χ0n) is 14.9. The van der Waals surface area contributed by atoms with Gasteiger partial charge in [-0.3, -0.25) is 14.3 Å². The van der Waals surface area contributed by atoms with Crippen molar-refractivity contribution < 1.29 is 14.0 Å². The number of nitrogens with one attached hydrogen (secondary N) is 1. The molecule has 3 heterocycles. The number of hydrogen-bond donors (Lipinski definition) is 1. The van der Waals surface area contributed by atoms with Gasteiger partial charge in [-0.2, -0.15) is 5.10 Å². The van der Waals surface area contributed by atoms with E-state index >= 15 is 0 Å². The predicted octanol–water partition coefficient (Wildman–Crippen LogP) is 2.48. The standard InChI is InChI=1S/C19H19N5O3/c1-13-17(27-12-20-13)19(26)23-8-5-9-24-15(11-23)10-16(22-24)18(25)21-14-6-3-2-4-7-14/h2-4,6-7,10,12H,5,8-9,11H2,1H3,(H,21,25). The summed E-state index contributed by atoms with van der Waals surface area (Å²) in [4.78, 5) is 30.9. The van der Waals surface area contributed by atoms with Crippen LogP contribution in [0.3, 0.4) is 0 Å². The zero-order valence-corrected chi connectivity index (χ0v) is 14.9. The number of amides is 2. The lowest BCUT2D eigenvalue weighted by molar-refractivity contribution is 0.0712. The molecule has 0 saturated heterocycles. The molecule has 0 atom stereocenters. The third kappa shape index (κ3) is 3.46. The van der Waals surface area contributed by atoms with Crippen molar-refractivity contribution in [1.29, 1.82) is 0 Å². The number of aromatic nitrogens is 3. The summed E-state index contributed by atoms with van der Waals surface area (Å²) in [5, 5.41) is 7.24. The summed E-state index contributed by atoms with van der Waals surface area (Å²) in [6.45, 7) is 3.34. The first kappa shape index (κ1) is 17.0. The van der Waals surface area contributed by atoms with Crippen LogP contribution in [0.25, 0.3) is 0 Å². The Morgan fingerprint density at radius 2 is 2.00 bits per heavy atom. The first-order valence-electron chi connectivity index (χ1n) is 8.74. The lowest BCUT2D eigenvalue weighted by Crippen LogP contribution is -2.30. The SMILES string of the molecule is Cc1ncoc1C(=O)N1CCCn2nc(C(=O)Nc3ccccc3)cc2C1. The molecule has 27 heavy (non-hydrogen) atoms. The quantitative estimate of drug-likeness (QED) is 0.770. The number of benzene rings is 1. The van der Waals surface area contributed by atoms with Crippen LogP contribution in [0.4, 0.5) is 5.69 Å². The highest BCUT2D eigenvalue weighted by Gasteiger charge is 2.26. The summed E-state index contributed by atoms with van der Waals surface area (Å²) in [6, 6.07) is 11.0. The molecule has 3 aromatic rings. The van der Waals surface area contributed by atoms with Crippen LogP contribution in [-0.4, -0.2) is 38.0 Å². The van der Waals surface area contributed by atoms with Gasteiger partial charge in [0.2, 0.25) is 5.76 Å². The average molecular weight is 365 g/mol. The molecule has 1 aliphatic heterocycles. The first-order chi connectivity index (χ1) is 13.1. The zero-order chi connectivity index (χ0) is 18.8. The number of oxazole rings is 1. The number of rotatable bonds is 3. The van der Waals surface area contributed by atoms with Gasteiger partial charge in [0.1, 0.15) is 0 Å². The Morgan fingerprint density at radius 3 is 2.74 bits per heavy atom. The van der Waals surface area contributed by atoms with Crippen LogP contribution in [0.2, 0.25) is 0 Å². The van der Waals surface area contributed by atoms with E-state index in [9.17, 15) is 9.59 Å². The van der Waals surface area contributed by atoms with Gasteiger partial charge in [-0.15, -0.1) is 0 Å². The van der Waals surface area contributed by atoms with E-state index in [0.717, 1.165) is 12.1 Å². The van der Waals surface area contributed by atoms with Crippen molar-refractivity contribution in [2.45, 2.75) is 26.4 Å². The van der Waals surface area contributed by atoms with E-state index in [1.807, 2.05) is 30.3 Å². The Hall–Kier alpha value is -3.42. The van der Waals surface area contributed by atoms with Gasteiger partial charge in [0.25, 0.3) is 11.8 Å². The molecule has 2 amide bonds. The molecule has 0 radical (unpaired) electrons. The van der Waals surface area contributed by atoms with Crippen LogP contribution in [0.1, 0.15) is 38.9 Å². The van der Waals surface area contributed by atoms with Crippen molar-refractivity contribution in [3.63, 3.8) is 0 Å². The highest BCUT2D eigenvalue weighted by Crippen LogP contribution is 2.18. The minimum absolute atomic E-state index is 0.199. The van der Waals surface area contributed by atoms with Gasteiger partial charge in [0.05, 0.1) is 17.9 Å². The molecule has 1 aromatic carbocycles. The topological polar surface area (TPSA) is 93.3 Å². The van der Waals surface area contributed by atoms with E-state index in [-0.39, 0.29) is 17.6 Å². The summed E-state index contributed by atoms with van der Waals surface area (Å²) in [5.41, 5.74) is 2.43. The molecule has 2 aromatic heterocycles. The van der Waals surface area contributed by atoms with Gasteiger partial charge in [-0.05, 0) is 31.5 Å². The summed E-state index contributed by atoms with van der Waals surface area (Å²) < 4.78 is 7.02. The monoisotopic (exact) mass is 365 g/mol. The van der Waals surface area contributed by atoms with E-state index in [1.54, 1.807) is 22.6 Å². The van der Waals surface area contributed by atoms with Gasteiger partial charge in [-0.1, -0.05) is 18.2 Å². The van der Waals surface area contributed by atoms with Gasteiger partial charge >= 0.3 is 0 Å². The average Bonchev–Trinajstić information content (AvgIpc) is 3.22. The molecule has 0 fully saturated rings. The Labute approximate surface area is 155 Å². The second-order valence-corrected chi connectivity index (χ2v) is 6.41. The maximum atomic E-state index is 12.7. The van der Waals surface area contributed by atoms with E-state index < -0.39 is 0 Å². The molecule has 4 rings (SSSR count). The lowest BCUT2D eigenvalue weighted by atomic mass is 10.2.